The van der Waals surface area contributed by atoms with Crippen LogP contribution in [0.3, 0.4) is 0 Å². The van der Waals surface area contributed by atoms with Crippen LogP contribution >= 0.6 is 0 Å². The van der Waals surface area contributed by atoms with Crippen molar-refractivity contribution < 1.29 is 32.3 Å². The topological polar surface area (TPSA) is 125 Å². The molecule has 0 bridgehead atoms. The average Bonchev–Trinajstić information content (AvgIpc) is 2.71. The lowest BCUT2D eigenvalue weighted by molar-refractivity contribution is -0.387. The van der Waals surface area contributed by atoms with Gasteiger partial charge in [-0.3, -0.25) is 19.2 Å². The number of anilines is 1. The number of esters is 1. The molecular formula is C18H20N2O8S. The number of carbonyl (C=O) groups excluding carboxylic acids is 1. The van der Waals surface area contributed by atoms with Crippen molar-refractivity contribution in [2.75, 3.05) is 31.7 Å². The van der Waals surface area contributed by atoms with Crippen LogP contribution in [0.15, 0.2) is 47.4 Å². The average molecular weight is 424 g/mol. The van der Waals surface area contributed by atoms with E-state index in [9.17, 15) is 23.3 Å². The molecule has 10 nitrogen and oxygen atoms in total. The third-order valence-electron chi connectivity index (χ3n) is 3.86. The van der Waals surface area contributed by atoms with Crippen LogP contribution in [0.1, 0.15) is 6.92 Å². The molecule has 0 aromatic heterocycles. The first-order valence-electron chi connectivity index (χ1n) is 8.40. The third-order valence-corrected chi connectivity index (χ3v) is 5.67. The van der Waals surface area contributed by atoms with Gasteiger partial charge in [-0.2, -0.15) is 0 Å². The molecule has 0 radical (unpaired) electrons. The van der Waals surface area contributed by atoms with Crippen molar-refractivity contribution in [2.45, 2.75) is 11.8 Å². The lowest BCUT2D eigenvalue weighted by Gasteiger charge is -2.25. The zero-order valence-electron chi connectivity index (χ0n) is 16.0. The summed E-state index contributed by atoms with van der Waals surface area (Å²) in [5, 5.41) is 11.4. The van der Waals surface area contributed by atoms with Gasteiger partial charge in [0.1, 0.15) is 18.0 Å². The maximum Gasteiger partial charge on any atom is 0.326 e. The predicted molar refractivity (Wildman–Crippen MR) is 104 cm³/mol. The van der Waals surface area contributed by atoms with Gasteiger partial charge in [0.05, 0.1) is 31.4 Å². The fourth-order valence-electron chi connectivity index (χ4n) is 2.56. The van der Waals surface area contributed by atoms with E-state index in [4.69, 9.17) is 14.2 Å². The highest BCUT2D eigenvalue weighted by molar-refractivity contribution is 7.93. The van der Waals surface area contributed by atoms with Gasteiger partial charge in [0, 0.05) is 12.1 Å². The van der Waals surface area contributed by atoms with Crippen LogP contribution in [0.4, 0.5) is 11.4 Å². The fraction of sp³-hybridized carbons (Fsp3) is 0.278. The zero-order chi connectivity index (χ0) is 21.6. The SMILES string of the molecule is CCOC(=O)CN(c1cc(OC)ccc1OC)S(=O)(=O)c1ccccc1[N+](=O)[O-]. The molecule has 2 aromatic carbocycles. The van der Waals surface area contributed by atoms with E-state index in [1.807, 2.05) is 0 Å². The fourth-order valence-corrected chi connectivity index (χ4v) is 4.13. The minimum Gasteiger partial charge on any atom is -0.497 e. The zero-order valence-corrected chi connectivity index (χ0v) is 16.8. The Balaban J connectivity index is 2.72. The minimum atomic E-state index is -4.55. The molecule has 29 heavy (non-hydrogen) atoms. The van der Waals surface area contributed by atoms with Crippen LogP contribution < -0.4 is 13.8 Å². The summed E-state index contributed by atoms with van der Waals surface area (Å²) < 4.78 is 42.7. The predicted octanol–water partition coefficient (Wildman–Crippen LogP) is 2.37. The Morgan fingerprint density at radius 2 is 1.83 bits per heavy atom. The molecule has 156 valence electrons. The molecule has 0 aliphatic rings. The maximum absolute atomic E-state index is 13.4. The molecule has 0 heterocycles. The molecule has 0 aliphatic heterocycles. The Morgan fingerprint density at radius 1 is 1.14 bits per heavy atom. The van der Waals surface area contributed by atoms with Crippen molar-refractivity contribution in [3.63, 3.8) is 0 Å². The number of nitro groups is 1. The van der Waals surface area contributed by atoms with Gasteiger partial charge >= 0.3 is 5.97 Å². The lowest BCUT2D eigenvalue weighted by Crippen LogP contribution is -2.37. The van der Waals surface area contributed by atoms with Crippen molar-refractivity contribution in [3.8, 4) is 11.5 Å². The van der Waals surface area contributed by atoms with E-state index in [1.165, 1.54) is 38.5 Å². The number of benzene rings is 2. The van der Waals surface area contributed by atoms with Crippen LogP contribution in [0.2, 0.25) is 0 Å². The van der Waals surface area contributed by atoms with Crippen molar-refractivity contribution in [3.05, 3.63) is 52.6 Å². The van der Waals surface area contributed by atoms with Crippen molar-refractivity contribution in [2.24, 2.45) is 0 Å². The van der Waals surface area contributed by atoms with Crippen molar-refractivity contribution in [1.29, 1.82) is 0 Å². The molecule has 0 unspecified atom stereocenters. The molecule has 2 aromatic rings. The molecule has 0 saturated carbocycles. The Kier molecular flexibility index (Phi) is 6.99. The van der Waals surface area contributed by atoms with Crippen LogP contribution in [-0.4, -0.2) is 46.7 Å². The Morgan fingerprint density at radius 3 is 2.41 bits per heavy atom. The summed E-state index contributed by atoms with van der Waals surface area (Å²) >= 11 is 0. The Bertz CT molecular complexity index is 1010. The Hall–Kier alpha value is -3.34. The number of nitrogens with zero attached hydrogens (tertiary/aromatic N) is 2. The molecule has 0 aliphatic carbocycles. The van der Waals surface area contributed by atoms with Gasteiger partial charge in [-0.25, -0.2) is 8.42 Å². The van der Waals surface area contributed by atoms with E-state index in [0.717, 1.165) is 12.1 Å². The number of hydrogen-bond donors (Lipinski definition) is 0. The highest BCUT2D eigenvalue weighted by atomic mass is 32.2. The summed E-state index contributed by atoms with van der Waals surface area (Å²) in [6, 6.07) is 9.22. The molecule has 0 atom stereocenters. The second-order valence-corrected chi connectivity index (χ2v) is 7.41. The van der Waals surface area contributed by atoms with E-state index in [2.05, 4.69) is 0 Å². The van der Waals surface area contributed by atoms with E-state index in [-0.39, 0.29) is 18.0 Å². The van der Waals surface area contributed by atoms with Gasteiger partial charge in [0.25, 0.3) is 15.7 Å². The first-order valence-corrected chi connectivity index (χ1v) is 9.84. The first-order chi connectivity index (χ1) is 13.8. The number of rotatable bonds is 9. The summed E-state index contributed by atoms with van der Waals surface area (Å²) in [5.74, 6) is -0.413. The van der Waals surface area contributed by atoms with E-state index < -0.39 is 38.0 Å². The van der Waals surface area contributed by atoms with Gasteiger partial charge in [0.15, 0.2) is 4.90 Å². The smallest absolute Gasteiger partial charge is 0.326 e. The van der Waals surface area contributed by atoms with Crippen LogP contribution in [-0.2, 0) is 19.6 Å². The number of ether oxygens (including phenoxy) is 3. The van der Waals surface area contributed by atoms with Gasteiger partial charge in [0.2, 0.25) is 0 Å². The molecule has 2 rings (SSSR count). The highest BCUT2D eigenvalue weighted by Crippen LogP contribution is 2.37. The van der Waals surface area contributed by atoms with Crippen LogP contribution in [0.25, 0.3) is 0 Å². The molecule has 0 fully saturated rings. The van der Waals surface area contributed by atoms with Gasteiger partial charge < -0.3 is 14.2 Å². The summed E-state index contributed by atoms with van der Waals surface area (Å²) in [5.41, 5.74) is -0.652. The third kappa shape index (κ3) is 4.74. The number of carbonyl (C=O) groups is 1. The van der Waals surface area contributed by atoms with Crippen LogP contribution in [0.5, 0.6) is 11.5 Å². The number of sulfonamides is 1. The van der Waals surface area contributed by atoms with Gasteiger partial charge in [-0.1, -0.05) is 12.1 Å². The second kappa shape index (κ2) is 9.24. The van der Waals surface area contributed by atoms with Crippen molar-refractivity contribution in [1.82, 2.24) is 0 Å². The number of methoxy groups -OCH3 is 2. The first kappa shape index (κ1) is 22.0. The molecule has 0 saturated heterocycles. The van der Waals surface area contributed by atoms with Gasteiger partial charge in [-0.05, 0) is 25.1 Å². The molecular weight excluding hydrogens is 404 g/mol. The maximum atomic E-state index is 13.4. The summed E-state index contributed by atoms with van der Waals surface area (Å²) in [4.78, 5) is 22.1. The summed E-state index contributed by atoms with van der Waals surface area (Å²) in [6.07, 6.45) is 0. The quantitative estimate of drug-likeness (QED) is 0.341. The summed E-state index contributed by atoms with van der Waals surface area (Å²) in [7, 11) is -1.83. The van der Waals surface area contributed by atoms with E-state index >= 15 is 0 Å². The van der Waals surface area contributed by atoms with Gasteiger partial charge in [-0.15, -0.1) is 0 Å². The standard InChI is InChI=1S/C18H20N2O8S/c1-4-28-18(21)12-19(15-11-13(26-2)9-10-16(15)27-3)29(24,25)17-8-6-5-7-14(17)20(22)23/h5-11H,4,12H2,1-3H3. The van der Waals surface area contributed by atoms with E-state index in [0.29, 0.717) is 10.1 Å². The lowest BCUT2D eigenvalue weighted by atomic mass is 10.2. The number of para-hydroxylation sites is 1. The Labute approximate surface area is 167 Å². The normalized spacial score (nSPS) is 10.9. The molecule has 0 amide bonds. The molecule has 0 spiro atoms. The molecule has 0 N–H and O–H groups in total. The minimum absolute atomic E-state index is 0.0296. The summed E-state index contributed by atoms with van der Waals surface area (Å²) in [6.45, 7) is 0.893. The van der Waals surface area contributed by atoms with Crippen LogP contribution in [0, 0.1) is 10.1 Å². The van der Waals surface area contributed by atoms with E-state index in [1.54, 1.807) is 13.0 Å². The number of hydrogen-bond acceptors (Lipinski definition) is 8. The highest BCUT2D eigenvalue weighted by Gasteiger charge is 2.35. The number of nitro benzene ring substituents is 1. The molecule has 11 heteroatoms. The largest absolute Gasteiger partial charge is 0.497 e. The second-order valence-electron chi connectivity index (χ2n) is 5.58. The monoisotopic (exact) mass is 424 g/mol. The van der Waals surface area contributed by atoms with Crippen molar-refractivity contribution >= 4 is 27.4 Å².